The van der Waals surface area contributed by atoms with Crippen LogP contribution in [0.5, 0.6) is 11.5 Å². The van der Waals surface area contributed by atoms with Gasteiger partial charge in [0.2, 0.25) is 5.84 Å². The largest absolute Gasteiger partial charge is 0.462 e. The number of benzene rings is 3. The summed E-state index contributed by atoms with van der Waals surface area (Å²) in [7, 11) is 0. The molecule has 2 aliphatic rings. The smallest absolute Gasteiger partial charge is 0.289 e. The minimum Gasteiger partial charge on any atom is -0.462 e. The Balaban J connectivity index is 1.19. The third kappa shape index (κ3) is 4.96. The number of fused-ring (bicyclic) bond motifs is 2. The van der Waals surface area contributed by atoms with Crippen molar-refractivity contribution in [2.45, 2.75) is 26.3 Å². The second-order valence-electron chi connectivity index (χ2n) is 9.91. The van der Waals surface area contributed by atoms with Crippen LogP contribution >= 0.6 is 0 Å². The summed E-state index contributed by atoms with van der Waals surface area (Å²) in [6, 6.07) is 22.8. The molecule has 1 aromatic heterocycles. The monoisotopic (exact) mass is 493 g/mol. The molecule has 8 heteroatoms. The molecule has 0 saturated carbocycles. The lowest BCUT2D eigenvalue weighted by Crippen LogP contribution is -2.83. The van der Waals surface area contributed by atoms with Crippen molar-refractivity contribution in [3.05, 3.63) is 84.1 Å². The minimum absolute atomic E-state index is 0.211. The highest BCUT2D eigenvalue weighted by Crippen LogP contribution is 2.29. The predicted octanol–water partition coefficient (Wildman–Crippen LogP) is 4.94. The molecule has 6 rings (SSSR count). The molecule has 3 heterocycles. The molecule has 0 aliphatic carbocycles. The first kappa shape index (κ1) is 23.0. The molecule has 0 saturated heterocycles. The van der Waals surface area contributed by atoms with Gasteiger partial charge in [0.25, 0.3) is 6.02 Å². The van der Waals surface area contributed by atoms with Crippen molar-refractivity contribution >= 4 is 39.8 Å². The summed E-state index contributed by atoms with van der Waals surface area (Å²) in [5.41, 5.74) is 5.77. The molecular weight excluding hydrogens is 464 g/mol. The van der Waals surface area contributed by atoms with Crippen molar-refractivity contribution in [3.63, 3.8) is 0 Å². The second-order valence-corrected chi connectivity index (χ2v) is 9.91. The van der Waals surface area contributed by atoms with E-state index in [1.807, 2.05) is 42.5 Å². The zero-order chi connectivity index (χ0) is 25.4. The van der Waals surface area contributed by atoms with Crippen LogP contribution in [0.4, 0.5) is 17.1 Å². The Morgan fingerprint density at radius 1 is 1.05 bits per heavy atom. The lowest BCUT2D eigenvalue weighted by Gasteiger charge is -2.18. The fourth-order valence-electron chi connectivity index (χ4n) is 4.45. The number of rotatable bonds is 4. The van der Waals surface area contributed by atoms with Crippen LogP contribution in [0.1, 0.15) is 25.0 Å². The number of pyridine rings is 1. The van der Waals surface area contributed by atoms with E-state index in [4.69, 9.17) is 14.5 Å². The molecule has 0 unspecified atom stereocenters. The highest BCUT2D eigenvalue weighted by Gasteiger charge is 2.27. The molecule has 8 nitrogen and oxygen atoms in total. The van der Waals surface area contributed by atoms with E-state index in [1.54, 1.807) is 6.20 Å². The summed E-state index contributed by atoms with van der Waals surface area (Å²) < 4.78 is 11.9. The summed E-state index contributed by atoms with van der Waals surface area (Å²) in [4.78, 5) is 13.7. The zero-order valence-electron chi connectivity index (χ0n) is 21.1. The number of nitrogens with two attached hydrogens (primary N) is 1. The normalized spacial score (nSPS) is 15.8. The number of nitrogens with zero attached hydrogens (tertiary/aromatic N) is 3. The topological polar surface area (TPSA) is 96.7 Å². The highest BCUT2D eigenvalue weighted by molar-refractivity contribution is 6.01. The van der Waals surface area contributed by atoms with Crippen molar-refractivity contribution in [2.75, 3.05) is 23.9 Å². The van der Waals surface area contributed by atoms with Crippen molar-refractivity contribution in [1.82, 2.24) is 4.98 Å². The molecule has 37 heavy (non-hydrogen) atoms. The van der Waals surface area contributed by atoms with Crippen LogP contribution in [0.15, 0.2) is 82.9 Å². The Morgan fingerprint density at radius 2 is 1.97 bits per heavy atom. The summed E-state index contributed by atoms with van der Waals surface area (Å²) in [5.74, 6) is 2.49. The average Bonchev–Trinajstić information content (AvgIpc) is 3.23. The number of hydrogen-bond donors (Lipinski definition) is 3. The van der Waals surface area contributed by atoms with Gasteiger partial charge in [-0.1, -0.05) is 6.07 Å². The van der Waals surface area contributed by atoms with Crippen LogP contribution < -0.4 is 20.7 Å². The van der Waals surface area contributed by atoms with E-state index in [9.17, 15) is 0 Å². The molecule has 4 aromatic rings. The molecule has 0 fully saturated rings. The van der Waals surface area contributed by atoms with Gasteiger partial charge >= 0.3 is 0 Å². The van der Waals surface area contributed by atoms with Gasteiger partial charge in [0, 0.05) is 35.5 Å². The van der Waals surface area contributed by atoms with Crippen molar-refractivity contribution in [1.29, 1.82) is 0 Å². The van der Waals surface area contributed by atoms with Crippen molar-refractivity contribution in [3.8, 4) is 11.5 Å². The van der Waals surface area contributed by atoms with E-state index < -0.39 is 0 Å². The molecule has 0 atom stereocenters. The molecule has 0 spiro atoms. The summed E-state index contributed by atoms with van der Waals surface area (Å²) in [6.07, 6.45) is 1.79. The van der Waals surface area contributed by atoms with E-state index in [1.165, 1.54) is 0 Å². The van der Waals surface area contributed by atoms with Gasteiger partial charge < -0.3 is 20.1 Å². The van der Waals surface area contributed by atoms with E-state index >= 15 is 0 Å². The maximum Gasteiger partial charge on any atom is 0.289 e. The minimum atomic E-state index is -0.211. The number of ether oxygens (including phenoxy) is 2. The van der Waals surface area contributed by atoms with E-state index in [0.29, 0.717) is 19.3 Å². The molecule has 4 N–H and O–H groups in total. The molecule has 0 amide bonds. The number of quaternary nitrogens is 1. The van der Waals surface area contributed by atoms with Crippen LogP contribution in [-0.4, -0.2) is 35.7 Å². The van der Waals surface area contributed by atoms with Crippen LogP contribution in [-0.2, 0) is 4.74 Å². The Kier molecular flexibility index (Phi) is 5.73. The lowest BCUT2D eigenvalue weighted by atomic mass is 10.1. The van der Waals surface area contributed by atoms with Gasteiger partial charge in [0.05, 0.1) is 22.3 Å². The maximum absolute atomic E-state index is 6.19. The first-order chi connectivity index (χ1) is 17.9. The van der Waals surface area contributed by atoms with Gasteiger partial charge in [-0.3, -0.25) is 10.3 Å². The third-order valence-electron chi connectivity index (χ3n) is 6.34. The van der Waals surface area contributed by atoms with E-state index in [0.717, 1.165) is 56.4 Å². The summed E-state index contributed by atoms with van der Waals surface area (Å²) in [5, 5.41) is 9.84. The van der Waals surface area contributed by atoms with Crippen LogP contribution in [0.2, 0.25) is 0 Å². The Bertz CT molecular complexity index is 1560. The Hall–Kier alpha value is -4.43. The number of aryl methyl sites for hydroxylation is 1. The number of amidine groups is 2. The zero-order valence-corrected chi connectivity index (χ0v) is 21.1. The van der Waals surface area contributed by atoms with Gasteiger partial charge in [0.1, 0.15) is 30.5 Å². The van der Waals surface area contributed by atoms with Crippen molar-refractivity contribution < 1.29 is 14.8 Å². The van der Waals surface area contributed by atoms with Gasteiger partial charge in [-0.25, -0.2) is 9.98 Å². The number of aliphatic imine (C=N–C) groups is 2. The van der Waals surface area contributed by atoms with Crippen LogP contribution in [0.3, 0.4) is 0 Å². The fraction of sp³-hybridized carbons (Fsp3) is 0.207. The molecule has 3 aromatic carbocycles. The Labute approximate surface area is 215 Å². The quantitative estimate of drug-likeness (QED) is 0.350. The van der Waals surface area contributed by atoms with Crippen LogP contribution in [0, 0.1) is 6.92 Å². The molecule has 186 valence electrons. The summed E-state index contributed by atoms with van der Waals surface area (Å²) >= 11 is 0. The predicted molar refractivity (Wildman–Crippen MR) is 147 cm³/mol. The van der Waals surface area contributed by atoms with Gasteiger partial charge in [-0.15, -0.1) is 0 Å². The Morgan fingerprint density at radius 3 is 2.81 bits per heavy atom. The second kappa shape index (κ2) is 9.22. The number of anilines is 2. The number of nitrogens with one attached hydrogen (secondary N) is 2. The third-order valence-corrected chi connectivity index (χ3v) is 6.34. The summed E-state index contributed by atoms with van der Waals surface area (Å²) in [6.45, 7) is 7.26. The fourth-order valence-corrected chi connectivity index (χ4v) is 4.45. The first-order valence-electron chi connectivity index (χ1n) is 12.3. The number of aromatic nitrogens is 1. The molecular formula is C29H29N6O2+. The molecule has 0 bridgehead atoms. The molecule has 0 radical (unpaired) electrons. The maximum atomic E-state index is 6.19. The van der Waals surface area contributed by atoms with Gasteiger partial charge in [-0.05, 0) is 68.8 Å². The first-order valence-corrected chi connectivity index (χ1v) is 12.3. The lowest BCUT2D eigenvalue weighted by molar-refractivity contribution is -0.442. The highest BCUT2D eigenvalue weighted by atomic mass is 16.5. The van der Waals surface area contributed by atoms with Gasteiger partial charge in [-0.2, -0.15) is 0 Å². The van der Waals surface area contributed by atoms with Gasteiger partial charge in [0.15, 0.2) is 0 Å². The standard InChI is InChI=1S/C29H28N6O2/c1-18-13-20(8-11-26(18)37-22-9-6-19-5-4-12-30-25(19)15-22)33-27-23-14-21(7-10-24(23)31-17-32-27)34-28-35-29(2,3)16-36-28/h4-15,31H,16-17H2,1-3H3,(H,32,33)(H,34,35)/p+1. The number of hydrogen-bond acceptors (Lipinski definition) is 7. The SMILES string of the molecule is Cc1cc([NH2+]C2=NCNc3ccc(NC4=NC(C)(C)CO4)cc32)ccc1Oc1ccc2cccnc2c1. The van der Waals surface area contributed by atoms with E-state index in [-0.39, 0.29) is 5.54 Å². The average molecular weight is 494 g/mol. The van der Waals surface area contributed by atoms with E-state index in [2.05, 4.69) is 71.0 Å². The molecule has 2 aliphatic heterocycles. The van der Waals surface area contributed by atoms with Crippen molar-refractivity contribution in [2.24, 2.45) is 9.98 Å². The van der Waals surface area contributed by atoms with Crippen LogP contribution in [0.25, 0.3) is 10.9 Å².